The lowest BCUT2D eigenvalue weighted by Crippen LogP contribution is -2.55. The average molecular weight is 227 g/mol. The van der Waals surface area contributed by atoms with Crippen molar-refractivity contribution in [2.75, 3.05) is 6.54 Å². The number of aliphatic hydroxyl groups excluding tert-OH is 1. The SMILES string of the molecule is C=CO.CCC1(CC)C(=O)NC[C@@H](C)C1=O. The van der Waals surface area contributed by atoms with E-state index in [9.17, 15) is 9.59 Å². The van der Waals surface area contributed by atoms with E-state index in [1.165, 1.54) is 0 Å². The van der Waals surface area contributed by atoms with Gasteiger partial charge in [-0.15, -0.1) is 0 Å². The van der Waals surface area contributed by atoms with Crippen LogP contribution in [0, 0.1) is 11.3 Å². The predicted molar refractivity (Wildman–Crippen MR) is 63.0 cm³/mol. The fourth-order valence-electron chi connectivity index (χ4n) is 2.01. The van der Waals surface area contributed by atoms with E-state index < -0.39 is 5.41 Å². The topological polar surface area (TPSA) is 66.4 Å². The molecule has 1 rings (SSSR count). The fraction of sp³-hybridized carbons (Fsp3) is 0.667. The lowest BCUT2D eigenvalue weighted by molar-refractivity contribution is -0.148. The van der Waals surface area contributed by atoms with Gasteiger partial charge in [0, 0.05) is 12.5 Å². The highest BCUT2D eigenvalue weighted by molar-refractivity contribution is 6.08. The molecule has 0 aliphatic carbocycles. The van der Waals surface area contributed by atoms with E-state index in [0.717, 1.165) is 6.26 Å². The summed E-state index contributed by atoms with van der Waals surface area (Å²) in [4.78, 5) is 23.5. The number of carbonyl (C=O) groups excluding carboxylic acids is 2. The molecule has 0 aromatic carbocycles. The minimum absolute atomic E-state index is 0.0300. The maximum atomic E-state index is 11.9. The van der Waals surface area contributed by atoms with Crippen LogP contribution in [0.4, 0.5) is 0 Å². The van der Waals surface area contributed by atoms with Crippen LogP contribution in [0.25, 0.3) is 0 Å². The smallest absolute Gasteiger partial charge is 0.233 e. The molecule has 2 N–H and O–H groups in total. The van der Waals surface area contributed by atoms with Gasteiger partial charge in [0.15, 0.2) is 5.78 Å². The molecule has 1 amide bonds. The van der Waals surface area contributed by atoms with Crippen LogP contribution in [0.15, 0.2) is 12.8 Å². The third-order valence-electron chi connectivity index (χ3n) is 3.13. The molecule has 0 unspecified atom stereocenters. The first kappa shape index (κ1) is 14.7. The van der Waals surface area contributed by atoms with E-state index in [-0.39, 0.29) is 17.6 Å². The van der Waals surface area contributed by atoms with Crippen molar-refractivity contribution in [3.8, 4) is 0 Å². The van der Waals surface area contributed by atoms with Crippen molar-refractivity contribution in [2.45, 2.75) is 33.6 Å². The number of rotatable bonds is 2. The standard InChI is InChI=1S/C10H17NO2.C2H4O/c1-4-10(5-2)8(12)7(3)6-11-9(10)13;1-2-3/h7H,4-6H2,1-3H3,(H,11,13);2-3H,1H2/t7-;/m1./s1. The van der Waals surface area contributed by atoms with Crippen LogP contribution in [0.5, 0.6) is 0 Å². The summed E-state index contributed by atoms with van der Waals surface area (Å²) in [5.74, 6) is -0.000509. The Morgan fingerprint density at radius 2 is 1.94 bits per heavy atom. The highest BCUT2D eigenvalue weighted by atomic mass is 16.2. The zero-order chi connectivity index (χ0) is 12.8. The Labute approximate surface area is 96.7 Å². The van der Waals surface area contributed by atoms with Crippen molar-refractivity contribution >= 4 is 11.7 Å². The number of aliphatic hydroxyl groups is 1. The predicted octanol–water partition coefficient (Wildman–Crippen LogP) is 1.82. The van der Waals surface area contributed by atoms with Crippen LogP contribution in [-0.2, 0) is 9.59 Å². The van der Waals surface area contributed by atoms with Crippen LogP contribution in [0.3, 0.4) is 0 Å². The molecule has 0 aromatic rings. The molecule has 1 aliphatic heterocycles. The zero-order valence-electron chi connectivity index (χ0n) is 10.2. The molecule has 0 bridgehead atoms. The molecule has 1 heterocycles. The Bertz CT molecular complexity index is 269. The Balaban J connectivity index is 0.000000673. The third kappa shape index (κ3) is 2.62. The van der Waals surface area contributed by atoms with E-state index in [4.69, 9.17) is 5.11 Å². The van der Waals surface area contributed by atoms with E-state index in [2.05, 4.69) is 11.9 Å². The maximum absolute atomic E-state index is 11.9. The molecule has 4 nitrogen and oxygen atoms in total. The minimum atomic E-state index is -0.738. The first-order valence-electron chi connectivity index (χ1n) is 5.57. The first-order valence-corrected chi connectivity index (χ1v) is 5.57. The van der Waals surface area contributed by atoms with Crippen molar-refractivity contribution in [2.24, 2.45) is 11.3 Å². The van der Waals surface area contributed by atoms with E-state index in [0.29, 0.717) is 19.4 Å². The molecule has 0 saturated carbocycles. The van der Waals surface area contributed by atoms with Crippen molar-refractivity contribution in [1.29, 1.82) is 0 Å². The monoisotopic (exact) mass is 227 g/mol. The summed E-state index contributed by atoms with van der Waals surface area (Å²) in [6.07, 6.45) is 1.97. The van der Waals surface area contributed by atoms with E-state index >= 15 is 0 Å². The third-order valence-corrected chi connectivity index (χ3v) is 3.13. The summed E-state index contributed by atoms with van der Waals surface area (Å²) >= 11 is 0. The fourth-order valence-corrected chi connectivity index (χ4v) is 2.01. The molecule has 1 fully saturated rings. The zero-order valence-corrected chi connectivity index (χ0v) is 10.2. The number of piperidine rings is 1. The van der Waals surface area contributed by atoms with Crippen molar-refractivity contribution in [1.82, 2.24) is 5.32 Å². The lowest BCUT2D eigenvalue weighted by atomic mass is 9.71. The van der Waals surface area contributed by atoms with Gasteiger partial charge in [0.1, 0.15) is 5.41 Å². The number of carbonyl (C=O) groups is 2. The number of hydrogen-bond acceptors (Lipinski definition) is 3. The molecule has 1 atom stereocenters. The number of hydrogen-bond donors (Lipinski definition) is 2. The molecular formula is C12H21NO3. The molecule has 4 heteroatoms. The normalized spacial score (nSPS) is 22.8. The van der Waals surface area contributed by atoms with Crippen LogP contribution in [0.2, 0.25) is 0 Å². The molecule has 92 valence electrons. The Morgan fingerprint density at radius 3 is 2.25 bits per heavy atom. The van der Waals surface area contributed by atoms with Gasteiger partial charge < -0.3 is 10.4 Å². The van der Waals surface area contributed by atoms with Gasteiger partial charge >= 0.3 is 0 Å². The maximum Gasteiger partial charge on any atom is 0.233 e. The second-order valence-electron chi connectivity index (χ2n) is 3.95. The summed E-state index contributed by atoms with van der Waals surface area (Å²) in [5, 5.41) is 10.1. The average Bonchev–Trinajstić information content (AvgIpc) is 2.27. The van der Waals surface area contributed by atoms with Gasteiger partial charge in [-0.05, 0) is 12.8 Å². The van der Waals surface area contributed by atoms with Crippen molar-refractivity contribution in [3.05, 3.63) is 12.8 Å². The second-order valence-corrected chi connectivity index (χ2v) is 3.95. The highest BCUT2D eigenvalue weighted by Crippen LogP contribution is 2.33. The van der Waals surface area contributed by atoms with Crippen molar-refractivity contribution in [3.63, 3.8) is 0 Å². The molecule has 0 aromatic heterocycles. The van der Waals surface area contributed by atoms with Gasteiger partial charge in [0.25, 0.3) is 0 Å². The van der Waals surface area contributed by atoms with E-state index in [1.54, 1.807) is 0 Å². The largest absolute Gasteiger partial charge is 0.516 e. The number of nitrogens with one attached hydrogen (secondary N) is 1. The first-order chi connectivity index (χ1) is 7.49. The Morgan fingerprint density at radius 1 is 1.50 bits per heavy atom. The summed E-state index contributed by atoms with van der Waals surface area (Å²) < 4.78 is 0. The number of amides is 1. The second kappa shape index (κ2) is 6.30. The minimum Gasteiger partial charge on any atom is -0.516 e. The quantitative estimate of drug-likeness (QED) is 0.558. The summed E-state index contributed by atoms with van der Waals surface area (Å²) in [6.45, 7) is 9.10. The van der Waals surface area contributed by atoms with Gasteiger partial charge in [-0.25, -0.2) is 0 Å². The van der Waals surface area contributed by atoms with Gasteiger partial charge in [0.05, 0.1) is 6.26 Å². The van der Waals surface area contributed by atoms with E-state index in [1.807, 2.05) is 20.8 Å². The molecule has 0 spiro atoms. The molecule has 16 heavy (non-hydrogen) atoms. The summed E-state index contributed by atoms with van der Waals surface area (Å²) in [5.41, 5.74) is -0.738. The number of Topliss-reactive ketones (excluding diaryl/α,β-unsaturated/α-hetero) is 1. The van der Waals surface area contributed by atoms with Gasteiger partial charge in [-0.1, -0.05) is 27.4 Å². The van der Waals surface area contributed by atoms with Crippen molar-refractivity contribution < 1.29 is 14.7 Å². The Hall–Kier alpha value is -1.32. The summed E-state index contributed by atoms with van der Waals surface area (Å²) in [6, 6.07) is 0. The molecule has 1 saturated heterocycles. The summed E-state index contributed by atoms with van der Waals surface area (Å²) in [7, 11) is 0. The van der Waals surface area contributed by atoms with Gasteiger partial charge in [-0.3, -0.25) is 9.59 Å². The molecule has 1 aliphatic rings. The van der Waals surface area contributed by atoms with Crippen LogP contribution in [-0.4, -0.2) is 23.3 Å². The highest BCUT2D eigenvalue weighted by Gasteiger charge is 2.47. The molecule has 0 radical (unpaired) electrons. The van der Waals surface area contributed by atoms with Crippen LogP contribution in [0.1, 0.15) is 33.6 Å². The lowest BCUT2D eigenvalue weighted by Gasteiger charge is -2.35. The number of ketones is 1. The van der Waals surface area contributed by atoms with Gasteiger partial charge in [-0.2, -0.15) is 0 Å². The molecular weight excluding hydrogens is 206 g/mol. The van der Waals surface area contributed by atoms with Crippen LogP contribution >= 0.6 is 0 Å². The van der Waals surface area contributed by atoms with Gasteiger partial charge in [0.2, 0.25) is 5.91 Å². The Kier molecular flexibility index (Phi) is 5.78. The van der Waals surface area contributed by atoms with Crippen LogP contribution < -0.4 is 5.32 Å².